The number of primary amides is 1. The molecule has 3 aromatic rings. The molecule has 4 aliphatic rings. The minimum Gasteiger partial charge on any atom is -0.455 e. The molecule has 12 atom stereocenters. The first-order chi connectivity index (χ1) is 37.4. The molecule has 0 spiro atoms. The second-order valence-corrected chi connectivity index (χ2v) is 22.7. The normalized spacial score (nSPS) is 27.7. The van der Waals surface area contributed by atoms with Gasteiger partial charge in [0.1, 0.15) is 54.3 Å². The van der Waals surface area contributed by atoms with Crippen molar-refractivity contribution in [3.63, 3.8) is 0 Å². The van der Waals surface area contributed by atoms with Gasteiger partial charge in [-0.05, 0) is 86.6 Å². The Morgan fingerprint density at radius 2 is 1.50 bits per heavy atom. The lowest BCUT2D eigenvalue weighted by molar-refractivity contribution is -0.340. The van der Waals surface area contributed by atoms with Gasteiger partial charge in [-0.3, -0.25) is 24.0 Å². The maximum Gasteiger partial charge on any atom is 0.509 e. The average Bonchev–Trinajstić information content (AvgIpc) is 3.48. The van der Waals surface area contributed by atoms with Gasteiger partial charge >= 0.3 is 30.2 Å². The zero-order chi connectivity index (χ0) is 58.9. The van der Waals surface area contributed by atoms with Crippen LogP contribution in [0.5, 0.6) is 0 Å². The zero-order valence-corrected chi connectivity index (χ0v) is 46.3. The molecule has 7 rings (SSSR count). The molecule has 430 valence electrons. The second kappa shape index (κ2) is 23.2. The highest BCUT2D eigenvalue weighted by atomic mass is 16.7. The van der Waals surface area contributed by atoms with E-state index in [4.69, 9.17) is 38.9 Å². The monoisotopic (exact) mass is 1110 g/mol. The number of fused-ring (bicyclic) bond motifs is 5. The number of hydrogen-bond acceptors (Lipinski definition) is 18. The number of benzene rings is 3. The summed E-state index contributed by atoms with van der Waals surface area (Å²) in [7, 11) is 0. The van der Waals surface area contributed by atoms with Crippen LogP contribution < -0.4 is 21.7 Å². The number of Topliss-reactive ketones (excluding diaryl/α,β-unsaturated/α-hetero) is 1. The summed E-state index contributed by atoms with van der Waals surface area (Å²) < 4.78 is 42.0. The minimum atomic E-state index is -2.40. The second-order valence-electron chi connectivity index (χ2n) is 22.7. The van der Waals surface area contributed by atoms with Gasteiger partial charge in [0.15, 0.2) is 11.4 Å². The van der Waals surface area contributed by atoms with Gasteiger partial charge in [0.2, 0.25) is 23.8 Å². The van der Waals surface area contributed by atoms with Crippen LogP contribution in [-0.2, 0) is 68.5 Å². The van der Waals surface area contributed by atoms with Crippen LogP contribution in [0.1, 0.15) is 116 Å². The number of anilines is 1. The number of ketones is 1. The summed E-state index contributed by atoms with van der Waals surface area (Å²) in [6.45, 7) is 14.5. The molecular formula is C58H70N4O18. The Balaban J connectivity index is 1.27. The van der Waals surface area contributed by atoms with Gasteiger partial charge in [0.05, 0.1) is 24.5 Å². The van der Waals surface area contributed by atoms with Crippen molar-refractivity contribution in [3.05, 3.63) is 113 Å². The summed E-state index contributed by atoms with van der Waals surface area (Å²) in [4.78, 5) is 122. The van der Waals surface area contributed by atoms with Crippen LogP contribution in [0.4, 0.5) is 15.3 Å². The van der Waals surface area contributed by atoms with Crippen LogP contribution in [0.2, 0.25) is 0 Å². The number of aliphatic hydroxyl groups is 2. The zero-order valence-electron chi connectivity index (χ0n) is 46.3. The number of esters is 3. The lowest BCUT2D eigenvalue weighted by atomic mass is 9.43. The molecule has 4 amide bonds. The number of alkyl carbamates (subject to hydrolysis) is 1. The molecule has 3 fully saturated rings. The largest absolute Gasteiger partial charge is 0.509 e. The Morgan fingerprint density at radius 1 is 0.875 bits per heavy atom. The summed E-state index contributed by atoms with van der Waals surface area (Å²) in [6.07, 6.45) is -11.6. The molecular weight excluding hydrogens is 1040 g/mol. The van der Waals surface area contributed by atoms with Crippen molar-refractivity contribution in [1.29, 1.82) is 0 Å². The van der Waals surface area contributed by atoms with E-state index in [0.29, 0.717) is 5.56 Å². The molecule has 1 saturated heterocycles. The first-order valence-corrected chi connectivity index (χ1v) is 26.2. The van der Waals surface area contributed by atoms with Crippen LogP contribution in [0.3, 0.4) is 0 Å². The maximum atomic E-state index is 15.5. The Labute approximate surface area is 462 Å². The van der Waals surface area contributed by atoms with Gasteiger partial charge in [-0.25, -0.2) is 19.2 Å². The summed E-state index contributed by atoms with van der Waals surface area (Å²) in [5.74, 6) is -7.83. The fraction of sp³-hybridized carbons (Fsp3) is 0.500. The van der Waals surface area contributed by atoms with Gasteiger partial charge in [-0.15, -0.1) is 0 Å². The number of amides is 4. The van der Waals surface area contributed by atoms with Crippen molar-refractivity contribution < 1.29 is 86.5 Å². The van der Waals surface area contributed by atoms with Crippen molar-refractivity contribution in [2.24, 2.45) is 28.4 Å². The third-order valence-corrected chi connectivity index (χ3v) is 15.9. The van der Waals surface area contributed by atoms with Crippen molar-refractivity contribution in [2.45, 2.75) is 155 Å². The highest BCUT2D eigenvalue weighted by Gasteiger charge is 2.77. The molecule has 1 heterocycles. The van der Waals surface area contributed by atoms with Crippen molar-refractivity contribution >= 4 is 59.3 Å². The van der Waals surface area contributed by atoms with Gasteiger partial charge in [0.25, 0.3) is 0 Å². The fourth-order valence-corrected chi connectivity index (χ4v) is 11.8. The quantitative estimate of drug-likeness (QED) is 0.0609. The summed E-state index contributed by atoms with van der Waals surface area (Å²) >= 11 is 0. The Kier molecular flexibility index (Phi) is 17.4. The number of carbonyl (C=O) groups excluding carboxylic acids is 9. The summed E-state index contributed by atoms with van der Waals surface area (Å²) in [6, 6.07) is 18.9. The molecule has 80 heavy (non-hydrogen) atoms. The van der Waals surface area contributed by atoms with Crippen LogP contribution >= 0.6 is 0 Å². The molecule has 22 nitrogen and oxygen atoms in total. The first-order valence-electron chi connectivity index (χ1n) is 26.2. The van der Waals surface area contributed by atoms with E-state index < -0.39 is 155 Å². The number of carbonyl (C=O) groups is 9. The molecule has 3 aliphatic carbocycles. The topological polar surface area (TPSA) is 321 Å². The van der Waals surface area contributed by atoms with E-state index in [0.717, 1.165) is 0 Å². The van der Waals surface area contributed by atoms with Crippen LogP contribution in [0.25, 0.3) is 0 Å². The van der Waals surface area contributed by atoms with Crippen molar-refractivity contribution in [2.75, 3.05) is 11.9 Å². The highest BCUT2D eigenvalue weighted by molar-refractivity contribution is 5.99. The smallest absolute Gasteiger partial charge is 0.455 e. The third kappa shape index (κ3) is 12.1. The average molecular weight is 1110 g/mol. The van der Waals surface area contributed by atoms with E-state index in [2.05, 4.69) is 16.0 Å². The molecule has 3 aromatic carbocycles. The molecule has 22 heteroatoms. The SMILES string of the molecule is CC(=O)N[C@H](CC(N)=O)C(=O)Nc1ccc(COC(=O)OC(C(=O)OC2C[C@@]3(O)C(OC(=O)c4ccccc4)[C@@H]4C5(OC(C)=O)COC5C[C@H](C)[C@@]4(C)C(=O)[C@H](O)C(=C2C)C3(C)C)[C@@H](NC(=O)OC(C)(C)C)c2ccccc2)cc1. The maximum absolute atomic E-state index is 15.5. The highest BCUT2D eigenvalue weighted by Crippen LogP contribution is 2.65. The number of ether oxygens (including phenoxy) is 7. The number of nitrogens with one attached hydrogen (secondary N) is 3. The third-order valence-electron chi connectivity index (χ3n) is 15.9. The van der Waals surface area contributed by atoms with Gasteiger partial charge < -0.3 is 65.1 Å². The lowest BCUT2D eigenvalue weighted by Gasteiger charge is -2.68. The lowest BCUT2D eigenvalue weighted by Crippen LogP contribution is -2.80. The summed E-state index contributed by atoms with van der Waals surface area (Å²) in [5.41, 5.74) is -2.25. The van der Waals surface area contributed by atoms with E-state index in [1.807, 2.05) is 0 Å². The molecule has 5 unspecified atom stereocenters. The van der Waals surface area contributed by atoms with E-state index in [1.165, 1.54) is 69.3 Å². The van der Waals surface area contributed by atoms with E-state index in [1.54, 1.807) is 84.9 Å². The van der Waals surface area contributed by atoms with Crippen LogP contribution in [0.15, 0.2) is 96.1 Å². The first kappa shape index (κ1) is 60.0. The van der Waals surface area contributed by atoms with Crippen molar-refractivity contribution in [1.82, 2.24) is 10.6 Å². The Morgan fingerprint density at radius 3 is 2.06 bits per heavy atom. The molecule has 0 radical (unpaired) electrons. The summed E-state index contributed by atoms with van der Waals surface area (Å²) in [5, 5.41) is 34.1. The predicted molar refractivity (Wildman–Crippen MR) is 282 cm³/mol. The molecule has 2 bridgehead atoms. The fourth-order valence-electron chi connectivity index (χ4n) is 11.8. The van der Waals surface area contributed by atoms with Crippen LogP contribution in [-0.4, -0.2) is 124 Å². The Bertz CT molecular complexity index is 2910. The van der Waals surface area contributed by atoms with E-state index in [9.17, 15) is 43.8 Å². The van der Waals surface area contributed by atoms with Crippen LogP contribution in [0, 0.1) is 22.7 Å². The van der Waals surface area contributed by atoms with Crippen molar-refractivity contribution in [3.8, 4) is 0 Å². The number of nitrogens with two attached hydrogens (primary N) is 1. The number of aliphatic hydroxyl groups excluding tert-OH is 1. The van der Waals surface area contributed by atoms with E-state index in [-0.39, 0.29) is 41.0 Å². The van der Waals surface area contributed by atoms with Gasteiger partial charge in [-0.2, -0.15) is 0 Å². The van der Waals surface area contributed by atoms with Gasteiger partial charge in [-0.1, -0.05) is 88.4 Å². The molecule has 0 aromatic heterocycles. The number of rotatable bonds is 16. The standard InChI is InChI=1S/C58H70N4O18/c1-30-25-40-57(29-75-40,79-33(4)64)46-48(78-50(69)36-19-15-12-16-20-36)58(73)27-39(31(2)42(55(58,8)9)44(66)47(67)56(30,46)10)76-51(70)45(43(35-17-13-11-14-18-35)62-52(71)80-54(5,6)7)77-53(72)74-28-34-21-23-37(24-22-34)61-49(68)38(26-41(59)65)60-32(3)63/h11-24,30,38-40,43-46,48,66,73H,25-29H2,1-10H3,(H2,59,65)(H,60,63)(H,61,68)(H,62,71)/t30-,38+,39?,40?,43-,44+,45?,46-,48?,56+,57?,58+/m0/s1. The molecule has 1 aliphatic heterocycles. The predicted octanol–water partition coefficient (Wildman–Crippen LogP) is 5.21. The number of hydrogen-bond donors (Lipinski definition) is 6. The van der Waals surface area contributed by atoms with Gasteiger partial charge in [0, 0.05) is 36.8 Å². The molecule has 7 N–H and O–H groups in total. The Hall–Kier alpha value is -7.69. The molecule has 2 saturated carbocycles. The van der Waals surface area contributed by atoms with E-state index >= 15 is 9.59 Å². The minimum absolute atomic E-state index is 0.0534.